The number of carbonyl (C=O) groups is 2. The second-order valence-corrected chi connectivity index (χ2v) is 9.12. The van der Waals surface area contributed by atoms with E-state index in [0.717, 1.165) is 33.9 Å². The minimum absolute atomic E-state index is 0.0339. The van der Waals surface area contributed by atoms with Gasteiger partial charge in [-0.05, 0) is 59.9 Å². The third kappa shape index (κ3) is 3.97. The van der Waals surface area contributed by atoms with Crippen LogP contribution in [0.1, 0.15) is 42.9 Å². The van der Waals surface area contributed by atoms with Crippen molar-refractivity contribution in [3.8, 4) is 5.75 Å². The molecule has 0 aromatic heterocycles. The lowest BCUT2D eigenvalue weighted by Crippen LogP contribution is -2.37. The van der Waals surface area contributed by atoms with Gasteiger partial charge in [-0.25, -0.2) is 0 Å². The van der Waals surface area contributed by atoms with Crippen LogP contribution >= 0.6 is 11.6 Å². The highest BCUT2D eigenvalue weighted by Crippen LogP contribution is 2.47. The molecule has 1 aliphatic heterocycles. The first kappa shape index (κ1) is 22.2. The summed E-state index contributed by atoms with van der Waals surface area (Å²) in [4.78, 5) is 28.5. The quantitative estimate of drug-likeness (QED) is 0.488. The van der Waals surface area contributed by atoms with Crippen molar-refractivity contribution in [2.24, 2.45) is 0 Å². The number of ether oxygens (including phenoxy) is 1. The van der Waals surface area contributed by atoms with E-state index in [1.807, 2.05) is 60.7 Å². The second kappa shape index (κ2) is 8.99. The number of halogens is 1. The Morgan fingerprint density at radius 1 is 0.971 bits per heavy atom. The molecule has 5 rings (SSSR count). The number of nitrogens with one attached hydrogen (secondary N) is 1. The molecular formula is C28H25ClN2O3. The lowest BCUT2D eigenvalue weighted by Gasteiger charge is -2.34. The van der Waals surface area contributed by atoms with E-state index in [1.165, 1.54) is 0 Å². The molecule has 1 heterocycles. The molecule has 3 aromatic rings. The fourth-order valence-corrected chi connectivity index (χ4v) is 5.14. The van der Waals surface area contributed by atoms with Crippen LogP contribution in [0.25, 0.3) is 0 Å². The molecule has 1 N–H and O–H groups in total. The lowest BCUT2D eigenvalue weighted by atomic mass is 9.78. The van der Waals surface area contributed by atoms with Crippen molar-refractivity contribution in [2.75, 3.05) is 17.3 Å². The third-order valence-electron chi connectivity index (χ3n) is 6.60. The summed E-state index contributed by atoms with van der Waals surface area (Å²) in [5, 5.41) is 4.13. The molecule has 2 aliphatic rings. The number of carbonyl (C=O) groups excluding carboxylic acids is 2. The number of anilines is 2. The Labute approximate surface area is 204 Å². The van der Waals surface area contributed by atoms with E-state index in [4.69, 9.17) is 16.3 Å². The second-order valence-electron chi connectivity index (χ2n) is 8.68. The number of allylic oxidation sites excluding steroid dienone is 1. The Hall–Kier alpha value is -3.57. The summed E-state index contributed by atoms with van der Waals surface area (Å²) in [6.45, 7) is 1.54. The lowest BCUT2D eigenvalue weighted by molar-refractivity contribution is -0.117. The van der Waals surface area contributed by atoms with E-state index in [1.54, 1.807) is 31.1 Å². The standard InChI is InChI=1S/C28H25ClN2O3/c1-17(32)31-25-6-4-3-5-23(25)30-24-15-20(18-9-13-22(34-2)14-10-18)16-26(33)27(24)28(31)19-7-11-21(29)12-8-19/h3-14,20,28,30H,15-16H2,1-2H3/t20-,28+/m1/s1. The Bertz CT molecular complexity index is 1280. The van der Waals surface area contributed by atoms with Crippen LogP contribution in [-0.4, -0.2) is 18.8 Å². The predicted molar refractivity (Wildman–Crippen MR) is 134 cm³/mol. The van der Waals surface area contributed by atoms with Crippen LogP contribution in [0.4, 0.5) is 11.4 Å². The van der Waals surface area contributed by atoms with Gasteiger partial charge < -0.3 is 10.1 Å². The van der Waals surface area contributed by atoms with Crippen molar-refractivity contribution in [1.29, 1.82) is 0 Å². The number of Topliss-reactive ketones (excluding diaryl/α,β-unsaturated/α-hetero) is 1. The predicted octanol–water partition coefficient (Wildman–Crippen LogP) is 6.27. The number of fused-ring (bicyclic) bond motifs is 1. The molecule has 34 heavy (non-hydrogen) atoms. The molecule has 0 spiro atoms. The largest absolute Gasteiger partial charge is 0.497 e. The Morgan fingerprint density at radius 2 is 1.65 bits per heavy atom. The first-order chi connectivity index (χ1) is 16.5. The van der Waals surface area contributed by atoms with Crippen LogP contribution in [-0.2, 0) is 9.59 Å². The number of hydrogen-bond acceptors (Lipinski definition) is 4. The molecule has 0 saturated carbocycles. The molecule has 0 saturated heterocycles. The zero-order valence-electron chi connectivity index (χ0n) is 19.0. The zero-order chi connectivity index (χ0) is 23.8. The monoisotopic (exact) mass is 472 g/mol. The highest BCUT2D eigenvalue weighted by atomic mass is 35.5. The van der Waals surface area contributed by atoms with Crippen molar-refractivity contribution in [2.45, 2.75) is 31.7 Å². The maximum Gasteiger partial charge on any atom is 0.224 e. The van der Waals surface area contributed by atoms with E-state index in [2.05, 4.69) is 5.32 Å². The normalized spacial score (nSPS) is 19.6. The Kier molecular flexibility index (Phi) is 5.88. The van der Waals surface area contributed by atoms with Gasteiger partial charge >= 0.3 is 0 Å². The van der Waals surface area contributed by atoms with Crippen LogP contribution in [0.2, 0.25) is 5.02 Å². The maximum absolute atomic E-state index is 13.8. The van der Waals surface area contributed by atoms with Crippen molar-refractivity contribution in [3.05, 3.63) is 100 Å². The third-order valence-corrected chi connectivity index (χ3v) is 6.85. The van der Waals surface area contributed by atoms with Crippen LogP contribution < -0.4 is 15.0 Å². The molecule has 0 radical (unpaired) electrons. The molecule has 1 amide bonds. The fourth-order valence-electron chi connectivity index (χ4n) is 5.01. The van der Waals surface area contributed by atoms with E-state index in [0.29, 0.717) is 23.4 Å². The van der Waals surface area contributed by atoms with Crippen molar-refractivity contribution >= 4 is 34.7 Å². The van der Waals surface area contributed by atoms with Crippen LogP contribution in [0, 0.1) is 0 Å². The van der Waals surface area contributed by atoms with Crippen molar-refractivity contribution in [3.63, 3.8) is 0 Å². The number of para-hydroxylation sites is 2. The Balaban J connectivity index is 1.66. The first-order valence-electron chi connectivity index (χ1n) is 11.3. The van der Waals surface area contributed by atoms with Gasteiger partial charge in [-0.1, -0.05) is 48.0 Å². The van der Waals surface area contributed by atoms with Crippen molar-refractivity contribution in [1.82, 2.24) is 0 Å². The zero-order valence-corrected chi connectivity index (χ0v) is 19.8. The summed E-state index contributed by atoms with van der Waals surface area (Å²) in [5.41, 5.74) is 4.99. The molecule has 6 heteroatoms. The van der Waals surface area contributed by atoms with E-state index in [-0.39, 0.29) is 17.6 Å². The summed E-state index contributed by atoms with van der Waals surface area (Å²) in [6, 6.07) is 22.4. The highest BCUT2D eigenvalue weighted by molar-refractivity contribution is 6.30. The number of ketones is 1. The minimum Gasteiger partial charge on any atom is -0.497 e. The van der Waals surface area contributed by atoms with E-state index < -0.39 is 6.04 Å². The fraction of sp³-hybridized carbons (Fsp3) is 0.214. The average Bonchev–Trinajstić information content (AvgIpc) is 2.99. The molecule has 5 nitrogen and oxygen atoms in total. The summed E-state index contributed by atoms with van der Waals surface area (Å²) in [7, 11) is 1.64. The number of methoxy groups -OCH3 is 1. The van der Waals surface area contributed by atoms with E-state index in [9.17, 15) is 9.59 Å². The average molecular weight is 473 g/mol. The summed E-state index contributed by atoms with van der Waals surface area (Å²) in [5.74, 6) is 0.723. The summed E-state index contributed by atoms with van der Waals surface area (Å²) >= 11 is 6.16. The topological polar surface area (TPSA) is 58.6 Å². The minimum atomic E-state index is -0.537. The van der Waals surface area contributed by atoms with Gasteiger partial charge in [-0.2, -0.15) is 0 Å². The van der Waals surface area contributed by atoms with Crippen LogP contribution in [0.5, 0.6) is 5.75 Å². The smallest absolute Gasteiger partial charge is 0.224 e. The van der Waals surface area contributed by atoms with Gasteiger partial charge in [0.25, 0.3) is 0 Å². The molecule has 0 fully saturated rings. The van der Waals surface area contributed by atoms with Gasteiger partial charge in [0.2, 0.25) is 5.91 Å². The molecule has 0 bridgehead atoms. The van der Waals surface area contributed by atoms with E-state index >= 15 is 0 Å². The van der Waals surface area contributed by atoms with Gasteiger partial charge in [-0.3, -0.25) is 14.5 Å². The Morgan fingerprint density at radius 3 is 2.32 bits per heavy atom. The molecule has 2 atom stereocenters. The van der Waals surface area contributed by atoms with Gasteiger partial charge in [0.15, 0.2) is 5.78 Å². The number of benzene rings is 3. The molecule has 3 aromatic carbocycles. The SMILES string of the molecule is COc1ccc([C@H]2CC(=O)C3=C(C2)Nc2ccccc2N(C(C)=O)[C@H]3c2ccc(Cl)cc2)cc1. The first-order valence-corrected chi connectivity index (χ1v) is 11.7. The van der Waals surface area contributed by atoms with Gasteiger partial charge in [0.05, 0.1) is 24.5 Å². The number of hydrogen-bond donors (Lipinski definition) is 1. The highest BCUT2D eigenvalue weighted by Gasteiger charge is 2.40. The molecule has 172 valence electrons. The number of rotatable bonds is 3. The van der Waals surface area contributed by atoms with Gasteiger partial charge in [0, 0.05) is 29.6 Å². The van der Waals surface area contributed by atoms with Gasteiger partial charge in [0.1, 0.15) is 5.75 Å². The molecular weight excluding hydrogens is 448 g/mol. The van der Waals surface area contributed by atoms with Crippen LogP contribution in [0.15, 0.2) is 84.1 Å². The van der Waals surface area contributed by atoms with Crippen LogP contribution in [0.3, 0.4) is 0 Å². The molecule has 0 unspecified atom stereocenters. The van der Waals surface area contributed by atoms with Crippen molar-refractivity contribution < 1.29 is 14.3 Å². The molecule has 1 aliphatic carbocycles. The van der Waals surface area contributed by atoms with Gasteiger partial charge in [-0.15, -0.1) is 0 Å². The summed E-state index contributed by atoms with van der Waals surface area (Å²) < 4.78 is 5.29. The maximum atomic E-state index is 13.8. The number of nitrogens with zero attached hydrogens (tertiary/aromatic N) is 1. The summed E-state index contributed by atoms with van der Waals surface area (Å²) in [6.07, 6.45) is 1.04. The number of amides is 1.